The van der Waals surface area contributed by atoms with Gasteiger partial charge in [0.2, 0.25) is 0 Å². The van der Waals surface area contributed by atoms with Crippen LogP contribution in [0.25, 0.3) is 0 Å². The predicted octanol–water partition coefficient (Wildman–Crippen LogP) is 3.46. The molecule has 0 aliphatic carbocycles. The molecule has 0 bridgehead atoms. The average Bonchev–Trinajstić information content (AvgIpc) is 2.82. The minimum Gasteiger partial charge on any atom is -0.489 e. The summed E-state index contributed by atoms with van der Waals surface area (Å²) in [6, 6.07) is 0. The molecule has 1 aromatic rings. The molecule has 0 aliphatic rings. The number of ether oxygens (including phenoxy) is 3. The molecule has 0 aliphatic heterocycles. The molecule has 1 heterocycles. The van der Waals surface area contributed by atoms with E-state index in [1.54, 1.807) is 7.11 Å². The van der Waals surface area contributed by atoms with E-state index in [1.807, 2.05) is 34.6 Å². The fourth-order valence-electron chi connectivity index (χ4n) is 2.11. The molecule has 1 N–H and O–H groups in total. The van der Waals surface area contributed by atoms with E-state index in [2.05, 4.69) is 0 Å². The molecule has 0 aromatic carbocycles. The standard InChI is InChI=1S/C16H28O6S2/c1-11(2)13-12(22-10-9-21-8-7-20-6)14(24(17,18)19)15(23-13)16(3,4)5/h11H,7-10H2,1-6H3,(H,17,18,19). The number of thiophene rings is 1. The van der Waals surface area contributed by atoms with Gasteiger partial charge in [0.1, 0.15) is 6.61 Å². The first-order valence-corrected chi connectivity index (χ1v) is 10.1. The van der Waals surface area contributed by atoms with Gasteiger partial charge in [-0.25, -0.2) is 0 Å². The summed E-state index contributed by atoms with van der Waals surface area (Å²) < 4.78 is 49.6. The van der Waals surface area contributed by atoms with Crippen molar-refractivity contribution in [3.63, 3.8) is 0 Å². The average molecular weight is 381 g/mol. The number of methoxy groups -OCH3 is 1. The van der Waals surface area contributed by atoms with Gasteiger partial charge in [-0.15, -0.1) is 11.3 Å². The van der Waals surface area contributed by atoms with Gasteiger partial charge < -0.3 is 14.2 Å². The third-order valence-corrected chi connectivity index (χ3v) is 6.15. The molecule has 0 radical (unpaired) electrons. The van der Waals surface area contributed by atoms with E-state index in [-0.39, 0.29) is 23.2 Å². The molecule has 0 spiro atoms. The number of hydrogen-bond acceptors (Lipinski definition) is 6. The van der Waals surface area contributed by atoms with Gasteiger partial charge in [0.05, 0.1) is 24.7 Å². The van der Waals surface area contributed by atoms with Crippen molar-refractivity contribution in [3.05, 3.63) is 9.75 Å². The van der Waals surface area contributed by atoms with Gasteiger partial charge >= 0.3 is 0 Å². The van der Waals surface area contributed by atoms with Crippen LogP contribution in [0.2, 0.25) is 0 Å². The Labute approximate surface area is 148 Å². The molecule has 0 unspecified atom stereocenters. The maximum Gasteiger partial charge on any atom is 0.299 e. The van der Waals surface area contributed by atoms with Crippen LogP contribution >= 0.6 is 11.3 Å². The van der Waals surface area contributed by atoms with Crippen molar-refractivity contribution >= 4 is 21.5 Å². The molecule has 0 amide bonds. The fourth-order valence-corrected chi connectivity index (χ4v) is 4.76. The van der Waals surface area contributed by atoms with Crippen LogP contribution in [0.1, 0.15) is 50.3 Å². The lowest BCUT2D eigenvalue weighted by molar-refractivity contribution is 0.0538. The van der Waals surface area contributed by atoms with E-state index in [0.717, 1.165) is 4.88 Å². The summed E-state index contributed by atoms with van der Waals surface area (Å²) in [5, 5.41) is 0. The lowest BCUT2D eigenvalue weighted by Crippen LogP contribution is -2.15. The Hall–Kier alpha value is -0.670. The highest BCUT2D eigenvalue weighted by Gasteiger charge is 2.34. The molecule has 1 aromatic heterocycles. The van der Waals surface area contributed by atoms with E-state index in [9.17, 15) is 13.0 Å². The first-order valence-electron chi connectivity index (χ1n) is 7.84. The van der Waals surface area contributed by atoms with E-state index in [0.29, 0.717) is 24.7 Å². The summed E-state index contributed by atoms with van der Waals surface area (Å²) in [5.41, 5.74) is -0.421. The van der Waals surface area contributed by atoms with Crippen LogP contribution in [0.3, 0.4) is 0 Å². The topological polar surface area (TPSA) is 82.1 Å². The summed E-state index contributed by atoms with van der Waals surface area (Å²) in [7, 11) is -2.80. The third-order valence-electron chi connectivity index (χ3n) is 3.22. The molecule has 1 rings (SSSR count). The van der Waals surface area contributed by atoms with Crippen LogP contribution in [-0.4, -0.2) is 46.5 Å². The van der Waals surface area contributed by atoms with Crippen LogP contribution in [0, 0.1) is 0 Å². The van der Waals surface area contributed by atoms with Crippen molar-refractivity contribution in [2.24, 2.45) is 0 Å². The Morgan fingerprint density at radius 2 is 1.71 bits per heavy atom. The van der Waals surface area contributed by atoms with Crippen molar-refractivity contribution in [2.75, 3.05) is 33.5 Å². The molecule has 140 valence electrons. The van der Waals surface area contributed by atoms with Crippen LogP contribution in [-0.2, 0) is 25.0 Å². The highest BCUT2D eigenvalue weighted by atomic mass is 32.2. The highest BCUT2D eigenvalue weighted by Crippen LogP contribution is 2.47. The Morgan fingerprint density at radius 3 is 2.17 bits per heavy atom. The minimum atomic E-state index is -4.39. The molecule has 0 atom stereocenters. The number of rotatable bonds is 9. The zero-order valence-corrected chi connectivity index (χ0v) is 16.8. The van der Waals surface area contributed by atoms with Crippen molar-refractivity contribution in [2.45, 2.75) is 50.8 Å². The van der Waals surface area contributed by atoms with Gasteiger partial charge in [0.25, 0.3) is 10.1 Å². The first kappa shape index (κ1) is 21.4. The van der Waals surface area contributed by atoms with Crippen LogP contribution in [0.15, 0.2) is 4.90 Å². The molecule has 8 heteroatoms. The maximum absolute atomic E-state index is 12.0. The van der Waals surface area contributed by atoms with E-state index in [1.165, 1.54) is 11.3 Å². The second-order valence-electron chi connectivity index (χ2n) is 6.79. The van der Waals surface area contributed by atoms with Crippen molar-refractivity contribution in [1.82, 2.24) is 0 Å². The monoisotopic (exact) mass is 380 g/mol. The summed E-state index contributed by atoms with van der Waals surface area (Å²) in [4.78, 5) is 1.30. The van der Waals surface area contributed by atoms with Gasteiger partial charge in [-0.3, -0.25) is 4.55 Å². The van der Waals surface area contributed by atoms with Crippen LogP contribution < -0.4 is 4.74 Å². The van der Waals surface area contributed by atoms with E-state index >= 15 is 0 Å². The summed E-state index contributed by atoms with van der Waals surface area (Å²) in [5.74, 6) is 0.328. The molecule has 0 fully saturated rings. The first-order chi connectivity index (χ1) is 11.0. The molecule has 6 nitrogen and oxygen atoms in total. The second-order valence-corrected chi connectivity index (χ2v) is 9.20. The largest absolute Gasteiger partial charge is 0.489 e. The molecule has 0 saturated carbocycles. The Kier molecular flexibility index (Phi) is 7.68. The number of hydrogen-bond donors (Lipinski definition) is 1. The van der Waals surface area contributed by atoms with Gasteiger partial charge in [0.15, 0.2) is 10.6 Å². The Morgan fingerprint density at radius 1 is 1.12 bits per heavy atom. The minimum absolute atomic E-state index is 0.0796. The molecular weight excluding hydrogens is 352 g/mol. The normalized spacial score (nSPS) is 12.8. The Balaban J connectivity index is 3.14. The van der Waals surface area contributed by atoms with Crippen LogP contribution in [0.5, 0.6) is 5.75 Å². The van der Waals surface area contributed by atoms with E-state index in [4.69, 9.17) is 14.2 Å². The lowest BCUT2D eigenvalue weighted by Gasteiger charge is -2.18. The summed E-state index contributed by atoms with van der Waals surface area (Å²) in [6.45, 7) is 11.1. The van der Waals surface area contributed by atoms with Gasteiger partial charge in [-0.2, -0.15) is 8.42 Å². The Bertz CT molecular complexity index is 626. The second kappa shape index (κ2) is 8.62. The SMILES string of the molecule is COCCOCCOc1c(C(C)C)sc(C(C)(C)C)c1S(=O)(=O)O. The van der Waals surface area contributed by atoms with Gasteiger partial charge in [-0.1, -0.05) is 34.6 Å². The van der Waals surface area contributed by atoms with Crippen molar-refractivity contribution < 1.29 is 27.2 Å². The molecular formula is C16H28O6S2. The smallest absolute Gasteiger partial charge is 0.299 e. The molecule has 24 heavy (non-hydrogen) atoms. The van der Waals surface area contributed by atoms with Crippen LogP contribution in [0.4, 0.5) is 0 Å². The van der Waals surface area contributed by atoms with Gasteiger partial charge in [-0.05, 0) is 11.3 Å². The molecule has 0 saturated heterocycles. The summed E-state index contributed by atoms with van der Waals surface area (Å²) >= 11 is 1.37. The maximum atomic E-state index is 12.0. The predicted molar refractivity (Wildman–Crippen MR) is 95.1 cm³/mol. The van der Waals surface area contributed by atoms with Crippen molar-refractivity contribution in [3.8, 4) is 5.75 Å². The summed E-state index contributed by atoms with van der Waals surface area (Å²) in [6.07, 6.45) is 0. The lowest BCUT2D eigenvalue weighted by atomic mass is 9.94. The van der Waals surface area contributed by atoms with Gasteiger partial charge in [0, 0.05) is 12.0 Å². The zero-order valence-electron chi connectivity index (χ0n) is 15.2. The van der Waals surface area contributed by atoms with E-state index < -0.39 is 15.5 Å². The zero-order chi connectivity index (χ0) is 18.5. The highest BCUT2D eigenvalue weighted by molar-refractivity contribution is 7.86. The third kappa shape index (κ3) is 5.70. The fraction of sp³-hybridized carbons (Fsp3) is 0.750. The quantitative estimate of drug-likeness (QED) is 0.522. The van der Waals surface area contributed by atoms with Crippen molar-refractivity contribution in [1.29, 1.82) is 0 Å².